The van der Waals surface area contributed by atoms with Crippen LogP contribution < -0.4 is 5.32 Å². The van der Waals surface area contributed by atoms with Gasteiger partial charge in [0.05, 0.1) is 4.92 Å². The first-order valence-electron chi connectivity index (χ1n) is 9.40. The molecule has 1 unspecified atom stereocenters. The van der Waals surface area contributed by atoms with Crippen LogP contribution in [0.5, 0.6) is 0 Å². The number of esters is 1. The van der Waals surface area contributed by atoms with E-state index in [1.54, 1.807) is 43.3 Å². The van der Waals surface area contributed by atoms with E-state index in [0.717, 1.165) is 4.90 Å². The lowest BCUT2D eigenvalue weighted by atomic mass is 10.1. The Morgan fingerprint density at radius 3 is 2.39 bits per heavy atom. The average molecular weight is 425 g/mol. The van der Waals surface area contributed by atoms with E-state index < -0.39 is 41.3 Å². The van der Waals surface area contributed by atoms with E-state index >= 15 is 0 Å². The number of nitrogens with zero attached hydrogens (tertiary/aromatic N) is 2. The Kier molecular flexibility index (Phi) is 6.39. The summed E-state index contributed by atoms with van der Waals surface area (Å²) in [6, 6.07) is 12.3. The van der Waals surface area contributed by atoms with Gasteiger partial charge < -0.3 is 10.1 Å². The van der Waals surface area contributed by atoms with Crippen molar-refractivity contribution < 1.29 is 28.8 Å². The lowest BCUT2D eigenvalue weighted by molar-refractivity contribution is -0.384. The molecule has 3 rings (SSSR count). The SMILES string of the molecule is Cc1ccc(NC(=O)C(OC(=O)CN2C(=O)CCC2=O)c2ccccc2)c([N+](=O)[O-])c1. The predicted octanol–water partition coefficient (Wildman–Crippen LogP) is 2.28. The fraction of sp³-hybridized carbons (Fsp3) is 0.238. The van der Waals surface area contributed by atoms with Gasteiger partial charge in [0.1, 0.15) is 12.2 Å². The number of aryl methyl sites for hydroxylation is 1. The second-order valence-corrected chi connectivity index (χ2v) is 6.92. The van der Waals surface area contributed by atoms with Crippen molar-refractivity contribution in [2.24, 2.45) is 0 Å². The number of hydrogen-bond donors (Lipinski definition) is 1. The monoisotopic (exact) mass is 425 g/mol. The molecule has 31 heavy (non-hydrogen) atoms. The summed E-state index contributed by atoms with van der Waals surface area (Å²) in [6.07, 6.45) is -1.40. The maximum atomic E-state index is 12.9. The van der Waals surface area contributed by atoms with Crippen molar-refractivity contribution in [1.82, 2.24) is 4.90 Å². The summed E-state index contributed by atoms with van der Waals surface area (Å²) in [5.74, 6) is -2.74. The van der Waals surface area contributed by atoms with E-state index in [2.05, 4.69) is 5.32 Å². The maximum Gasteiger partial charge on any atom is 0.327 e. The summed E-state index contributed by atoms with van der Waals surface area (Å²) in [7, 11) is 0. The van der Waals surface area contributed by atoms with E-state index in [4.69, 9.17) is 4.74 Å². The zero-order chi connectivity index (χ0) is 22.5. The standard InChI is InChI=1S/C21H19N3O7/c1-13-7-8-15(16(11-13)24(29)30)22-21(28)20(14-5-3-2-4-6-14)31-19(27)12-23-17(25)9-10-18(23)26/h2-8,11,20H,9-10,12H2,1H3,(H,22,28). The van der Waals surface area contributed by atoms with E-state index in [1.165, 1.54) is 12.1 Å². The number of benzene rings is 2. The molecule has 10 heteroatoms. The van der Waals surface area contributed by atoms with Gasteiger partial charge in [-0.1, -0.05) is 36.4 Å². The molecule has 0 radical (unpaired) electrons. The van der Waals surface area contributed by atoms with Crippen molar-refractivity contribution in [3.63, 3.8) is 0 Å². The number of carbonyl (C=O) groups excluding carboxylic acids is 4. The zero-order valence-corrected chi connectivity index (χ0v) is 16.6. The molecule has 0 saturated carbocycles. The lowest BCUT2D eigenvalue weighted by Crippen LogP contribution is -2.37. The highest BCUT2D eigenvalue weighted by atomic mass is 16.6. The number of carbonyl (C=O) groups is 4. The number of nitro benzene ring substituents is 1. The van der Waals surface area contributed by atoms with Gasteiger partial charge in [-0.05, 0) is 18.6 Å². The minimum atomic E-state index is -1.44. The fourth-order valence-corrected chi connectivity index (χ4v) is 3.09. The van der Waals surface area contributed by atoms with Crippen molar-refractivity contribution in [2.45, 2.75) is 25.9 Å². The summed E-state index contributed by atoms with van der Waals surface area (Å²) >= 11 is 0. The first-order chi connectivity index (χ1) is 14.8. The van der Waals surface area contributed by atoms with Crippen LogP contribution in [0.3, 0.4) is 0 Å². The normalized spacial score (nSPS) is 14.3. The van der Waals surface area contributed by atoms with Crippen molar-refractivity contribution in [3.05, 3.63) is 69.8 Å². The van der Waals surface area contributed by atoms with Crippen LogP contribution in [-0.2, 0) is 23.9 Å². The number of nitrogens with one attached hydrogen (secondary N) is 1. The molecule has 2 aromatic carbocycles. The highest BCUT2D eigenvalue weighted by Crippen LogP contribution is 2.28. The molecule has 1 N–H and O–H groups in total. The zero-order valence-electron chi connectivity index (χ0n) is 16.6. The molecule has 0 aromatic heterocycles. The van der Waals surface area contributed by atoms with Crippen molar-refractivity contribution in [3.8, 4) is 0 Å². The Labute approximate surface area is 176 Å². The van der Waals surface area contributed by atoms with Crippen LogP contribution in [0.2, 0.25) is 0 Å². The van der Waals surface area contributed by atoms with Crippen LogP contribution in [0.4, 0.5) is 11.4 Å². The number of amides is 3. The first-order valence-corrected chi connectivity index (χ1v) is 9.40. The molecule has 0 bridgehead atoms. The van der Waals surface area contributed by atoms with Crippen LogP contribution in [0.1, 0.15) is 30.1 Å². The molecule has 1 heterocycles. The highest BCUT2D eigenvalue weighted by molar-refractivity contribution is 6.04. The fourth-order valence-electron chi connectivity index (χ4n) is 3.09. The third-order valence-electron chi connectivity index (χ3n) is 4.64. The predicted molar refractivity (Wildman–Crippen MR) is 108 cm³/mol. The molecule has 2 aromatic rings. The molecule has 1 saturated heterocycles. The number of likely N-dealkylation sites (tertiary alicyclic amines) is 1. The third-order valence-corrected chi connectivity index (χ3v) is 4.64. The molecule has 1 fully saturated rings. The minimum absolute atomic E-state index is 0.0196. The van der Waals surface area contributed by atoms with Crippen LogP contribution in [0.25, 0.3) is 0 Å². The summed E-state index contributed by atoms with van der Waals surface area (Å²) in [5.41, 5.74) is 0.597. The number of rotatable bonds is 7. The highest BCUT2D eigenvalue weighted by Gasteiger charge is 2.33. The molecule has 1 aliphatic heterocycles. The minimum Gasteiger partial charge on any atom is -0.446 e. The van der Waals surface area contributed by atoms with Crippen molar-refractivity contribution in [2.75, 3.05) is 11.9 Å². The summed E-state index contributed by atoms with van der Waals surface area (Å²) < 4.78 is 5.29. The molecular weight excluding hydrogens is 406 g/mol. The lowest BCUT2D eigenvalue weighted by Gasteiger charge is -2.20. The van der Waals surface area contributed by atoms with Gasteiger partial charge in [-0.15, -0.1) is 0 Å². The maximum absolute atomic E-state index is 12.9. The number of imide groups is 1. The van der Waals surface area contributed by atoms with Gasteiger partial charge in [0.15, 0.2) is 0 Å². The molecule has 160 valence electrons. The summed E-state index contributed by atoms with van der Waals surface area (Å²) in [5, 5.41) is 13.8. The second kappa shape index (κ2) is 9.16. The smallest absolute Gasteiger partial charge is 0.327 e. The second-order valence-electron chi connectivity index (χ2n) is 6.92. The Balaban J connectivity index is 1.82. The van der Waals surface area contributed by atoms with Gasteiger partial charge in [-0.25, -0.2) is 0 Å². The van der Waals surface area contributed by atoms with Gasteiger partial charge in [0.25, 0.3) is 11.6 Å². The van der Waals surface area contributed by atoms with Crippen molar-refractivity contribution in [1.29, 1.82) is 0 Å². The van der Waals surface area contributed by atoms with Gasteiger partial charge >= 0.3 is 5.97 Å². The van der Waals surface area contributed by atoms with Crippen LogP contribution in [0.15, 0.2) is 48.5 Å². The summed E-state index contributed by atoms with van der Waals surface area (Å²) in [6.45, 7) is 1.06. The average Bonchev–Trinajstić information content (AvgIpc) is 3.05. The van der Waals surface area contributed by atoms with Gasteiger partial charge in [-0.3, -0.25) is 34.2 Å². The quantitative estimate of drug-likeness (QED) is 0.311. The topological polar surface area (TPSA) is 136 Å². The number of ether oxygens (including phenoxy) is 1. The van der Waals surface area contributed by atoms with E-state index in [9.17, 15) is 29.3 Å². The molecule has 3 amide bonds. The number of nitro groups is 1. The molecular formula is C21H19N3O7. The molecule has 10 nitrogen and oxygen atoms in total. The van der Waals surface area contributed by atoms with Crippen molar-refractivity contribution >= 4 is 35.1 Å². The Morgan fingerprint density at radius 1 is 1.13 bits per heavy atom. The Morgan fingerprint density at radius 2 is 1.77 bits per heavy atom. The van der Waals surface area contributed by atoms with Crippen LogP contribution in [0, 0.1) is 17.0 Å². The van der Waals surface area contributed by atoms with E-state index in [-0.39, 0.29) is 24.2 Å². The van der Waals surface area contributed by atoms with Gasteiger partial charge in [0, 0.05) is 24.5 Å². The Hall–Kier alpha value is -4.08. The molecule has 0 spiro atoms. The van der Waals surface area contributed by atoms with E-state index in [0.29, 0.717) is 11.1 Å². The number of anilines is 1. The Bertz CT molecular complexity index is 1040. The third kappa shape index (κ3) is 5.10. The number of hydrogen-bond acceptors (Lipinski definition) is 7. The largest absolute Gasteiger partial charge is 0.446 e. The van der Waals surface area contributed by atoms with Crippen LogP contribution in [-0.4, -0.2) is 40.1 Å². The molecule has 1 aliphatic rings. The van der Waals surface area contributed by atoms with Gasteiger partial charge in [-0.2, -0.15) is 0 Å². The van der Waals surface area contributed by atoms with E-state index in [1.807, 2.05) is 0 Å². The van der Waals surface area contributed by atoms with Crippen LogP contribution >= 0.6 is 0 Å². The van der Waals surface area contributed by atoms with Gasteiger partial charge in [0.2, 0.25) is 17.9 Å². The summed E-state index contributed by atoms with van der Waals surface area (Å²) in [4.78, 5) is 60.3. The molecule has 0 aliphatic carbocycles. The molecule has 1 atom stereocenters. The first kappa shape index (κ1) is 21.6.